The number of rotatable bonds is 7. The molecule has 5 nitrogen and oxygen atoms in total. The number of nitrogens with two attached hydrogens (primary N) is 2. The van der Waals surface area contributed by atoms with Crippen LogP contribution in [0, 0.1) is 0 Å². The first-order valence-electron chi connectivity index (χ1n) is 5.65. The van der Waals surface area contributed by atoms with Crippen molar-refractivity contribution < 1.29 is 9.53 Å². The zero-order valence-electron chi connectivity index (χ0n) is 9.98. The Bertz CT molecular complexity index is 351. The highest BCUT2D eigenvalue weighted by molar-refractivity contribution is 5.80. The van der Waals surface area contributed by atoms with E-state index in [0.717, 1.165) is 17.9 Å². The van der Waals surface area contributed by atoms with E-state index in [2.05, 4.69) is 12.2 Å². The number of amides is 1. The van der Waals surface area contributed by atoms with Gasteiger partial charge in [0.25, 0.3) is 0 Å². The molecule has 0 radical (unpaired) electrons. The standard InChI is InChI=1S/C12H19N3O2/c1-2-7-17-10-5-3-9(4-6-10)15-8-11(13)12(14)16/h3-6,11,15H,2,7-8,13H2,1H3,(H2,14,16). The van der Waals surface area contributed by atoms with Crippen LogP contribution in [0.25, 0.3) is 0 Å². The molecule has 0 saturated carbocycles. The van der Waals surface area contributed by atoms with E-state index in [9.17, 15) is 4.79 Å². The topological polar surface area (TPSA) is 90.4 Å². The van der Waals surface area contributed by atoms with E-state index in [-0.39, 0.29) is 0 Å². The quantitative estimate of drug-likeness (QED) is 0.651. The highest BCUT2D eigenvalue weighted by atomic mass is 16.5. The number of anilines is 1. The van der Waals surface area contributed by atoms with E-state index < -0.39 is 11.9 Å². The highest BCUT2D eigenvalue weighted by Gasteiger charge is 2.07. The molecular weight excluding hydrogens is 218 g/mol. The summed E-state index contributed by atoms with van der Waals surface area (Å²) >= 11 is 0. The maximum Gasteiger partial charge on any atom is 0.236 e. The summed E-state index contributed by atoms with van der Waals surface area (Å²) in [7, 11) is 0. The van der Waals surface area contributed by atoms with Crippen LogP contribution in [0.5, 0.6) is 5.75 Å². The molecular formula is C12H19N3O2. The van der Waals surface area contributed by atoms with E-state index in [1.54, 1.807) is 0 Å². The molecule has 0 aliphatic carbocycles. The molecule has 94 valence electrons. The van der Waals surface area contributed by atoms with Crippen LogP contribution in [-0.2, 0) is 4.79 Å². The summed E-state index contributed by atoms with van der Waals surface area (Å²) in [4.78, 5) is 10.7. The van der Waals surface area contributed by atoms with E-state index >= 15 is 0 Å². The molecule has 0 fully saturated rings. The SMILES string of the molecule is CCCOc1ccc(NCC(N)C(N)=O)cc1. The van der Waals surface area contributed by atoms with Crippen molar-refractivity contribution >= 4 is 11.6 Å². The lowest BCUT2D eigenvalue weighted by Gasteiger charge is -2.11. The van der Waals surface area contributed by atoms with Crippen LogP contribution in [0.4, 0.5) is 5.69 Å². The van der Waals surface area contributed by atoms with Crippen molar-refractivity contribution in [1.82, 2.24) is 0 Å². The Kier molecular flexibility index (Phi) is 5.29. The summed E-state index contributed by atoms with van der Waals surface area (Å²) in [5, 5.41) is 3.03. The van der Waals surface area contributed by atoms with Crippen LogP contribution in [0.1, 0.15) is 13.3 Å². The van der Waals surface area contributed by atoms with Crippen LogP contribution < -0.4 is 21.5 Å². The second-order valence-electron chi connectivity index (χ2n) is 3.76. The van der Waals surface area contributed by atoms with Gasteiger partial charge in [0, 0.05) is 12.2 Å². The lowest BCUT2D eigenvalue weighted by molar-refractivity contribution is -0.118. The van der Waals surface area contributed by atoms with Gasteiger partial charge in [-0.2, -0.15) is 0 Å². The molecule has 17 heavy (non-hydrogen) atoms. The van der Waals surface area contributed by atoms with Crippen LogP contribution in [0.15, 0.2) is 24.3 Å². The van der Waals surface area contributed by atoms with Crippen LogP contribution in [-0.4, -0.2) is 25.1 Å². The molecule has 1 unspecified atom stereocenters. The average molecular weight is 237 g/mol. The van der Waals surface area contributed by atoms with Crippen molar-refractivity contribution in [3.63, 3.8) is 0 Å². The molecule has 0 aliphatic heterocycles. The van der Waals surface area contributed by atoms with Gasteiger partial charge < -0.3 is 21.5 Å². The van der Waals surface area contributed by atoms with Crippen LogP contribution in [0.2, 0.25) is 0 Å². The lowest BCUT2D eigenvalue weighted by Crippen LogP contribution is -2.41. The maximum atomic E-state index is 10.7. The summed E-state index contributed by atoms with van der Waals surface area (Å²) in [6, 6.07) is 6.81. The molecule has 1 amide bonds. The van der Waals surface area contributed by atoms with E-state index in [1.807, 2.05) is 24.3 Å². The number of benzene rings is 1. The van der Waals surface area contributed by atoms with Crippen LogP contribution in [0.3, 0.4) is 0 Å². The number of carbonyl (C=O) groups excluding carboxylic acids is 1. The first-order chi connectivity index (χ1) is 8.13. The number of carbonyl (C=O) groups is 1. The predicted octanol–water partition coefficient (Wildman–Crippen LogP) is 0.700. The molecule has 0 bridgehead atoms. The third kappa shape index (κ3) is 4.74. The zero-order chi connectivity index (χ0) is 12.7. The van der Waals surface area contributed by atoms with Gasteiger partial charge in [0.05, 0.1) is 6.61 Å². The molecule has 1 aromatic carbocycles. The minimum Gasteiger partial charge on any atom is -0.494 e. The number of primary amides is 1. The molecule has 0 spiro atoms. The maximum absolute atomic E-state index is 10.7. The van der Waals surface area contributed by atoms with Gasteiger partial charge in [-0.25, -0.2) is 0 Å². The number of hydrogen-bond acceptors (Lipinski definition) is 4. The monoisotopic (exact) mass is 237 g/mol. The van der Waals surface area contributed by atoms with Crippen molar-refractivity contribution in [2.24, 2.45) is 11.5 Å². The minimum atomic E-state index is -0.675. The van der Waals surface area contributed by atoms with Gasteiger partial charge in [0.2, 0.25) is 5.91 Å². The largest absolute Gasteiger partial charge is 0.494 e. The fourth-order valence-electron chi connectivity index (χ4n) is 1.22. The average Bonchev–Trinajstić information content (AvgIpc) is 2.34. The highest BCUT2D eigenvalue weighted by Crippen LogP contribution is 2.15. The second kappa shape index (κ2) is 6.75. The van der Waals surface area contributed by atoms with Gasteiger partial charge in [-0.3, -0.25) is 4.79 Å². The summed E-state index contributed by atoms with van der Waals surface area (Å²) in [6.45, 7) is 3.09. The van der Waals surface area contributed by atoms with Gasteiger partial charge in [-0.05, 0) is 30.7 Å². The fourth-order valence-corrected chi connectivity index (χ4v) is 1.22. The van der Waals surface area contributed by atoms with Crippen LogP contribution >= 0.6 is 0 Å². The van der Waals surface area contributed by atoms with Crippen molar-refractivity contribution in [1.29, 1.82) is 0 Å². The Morgan fingerprint density at radius 2 is 2.06 bits per heavy atom. The van der Waals surface area contributed by atoms with Crippen molar-refractivity contribution in [3.8, 4) is 5.75 Å². The smallest absolute Gasteiger partial charge is 0.236 e. The Morgan fingerprint density at radius 1 is 1.41 bits per heavy atom. The fraction of sp³-hybridized carbons (Fsp3) is 0.417. The minimum absolute atomic E-state index is 0.324. The van der Waals surface area contributed by atoms with Crippen molar-refractivity contribution in [2.75, 3.05) is 18.5 Å². The number of ether oxygens (including phenoxy) is 1. The first-order valence-corrected chi connectivity index (χ1v) is 5.65. The van der Waals surface area contributed by atoms with Gasteiger partial charge in [-0.15, -0.1) is 0 Å². The second-order valence-corrected chi connectivity index (χ2v) is 3.76. The lowest BCUT2D eigenvalue weighted by atomic mass is 10.2. The molecule has 5 heteroatoms. The number of nitrogens with one attached hydrogen (secondary N) is 1. The Hall–Kier alpha value is -1.75. The summed E-state index contributed by atoms with van der Waals surface area (Å²) in [5.41, 5.74) is 11.4. The van der Waals surface area contributed by atoms with Crippen molar-refractivity contribution in [3.05, 3.63) is 24.3 Å². The van der Waals surface area contributed by atoms with Gasteiger partial charge >= 0.3 is 0 Å². The van der Waals surface area contributed by atoms with Gasteiger partial charge in [-0.1, -0.05) is 6.92 Å². The molecule has 0 aliphatic rings. The summed E-state index contributed by atoms with van der Waals surface area (Å²) < 4.78 is 5.45. The zero-order valence-corrected chi connectivity index (χ0v) is 9.98. The number of hydrogen-bond donors (Lipinski definition) is 3. The van der Waals surface area contributed by atoms with Gasteiger partial charge in [0.1, 0.15) is 11.8 Å². The molecule has 0 heterocycles. The van der Waals surface area contributed by atoms with E-state index in [0.29, 0.717) is 13.2 Å². The molecule has 1 aromatic rings. The van der Waals surface area contributed by atoms with Crippen molar-refractivity contribution in [2.45, 2.75) is 19.4 Å². The Balaban J connectivity index is 2.42. The predicted molar refractivity (Wildman–Crippen MR) is 67.9 cm³/mol. The summed E-state index contributed by atoms with van der Waals surface area (Å²) in [6.07, 6.45) is 0.980. The third-order valence-electron chi connectivity index (χ3n) is 2.22. The molecule has 5 N–H and O–H groups in total. The Morgan fingerprint density at radius 3 is 2.59 bits per heavy atom. The molecule has 0 saturated heterocycles. The van der Waals surface area contributed by atoms with E-state index in [4.69, 9.17) is 16.2 Å². The van der Waals surface area contributed by atoms with Gasteiger partial charge in [0.15, 0.2) is 0 Å². The molecule has 1 atom stereocenters. The third-order valence-corrected chi connectivity index (χ3v) is 2.22. The summed E-state index contributed by atoms with van der Waals surface area (Å²) in [5.74, 6) is 0.317. The molecule has 0 aromatic heterocycles. The van der Waals surface area contributed by atoms with E-state index in [1.165, 1.54) is 0 Å². The Labute approximate surface area is 101 Å². The molecule has 1 rings (SSSR count). The normalized spacial score (nSPS) is 11.9. The first kappa shape index (κ1) is 13.3.